The van der Waals surface area contributed by atoms with Gasteiger partial charge in [0.05, 0.1) is 24.5 Å². The highest BCUT2D eigenvalue weighted by Crippen LogP contribution is 2.28. The number of hydrogen-bond acceptors (Lipinski definition) is 7. The minimum absolute atomic E-state index is 0.264. The second kappa shape index (κ2) is 8.83. The Bertz CT molecular complexity index is 1060. The molecule has 1 amide bonds. The number of methoxy groups -OCH3 is 1. The van der Waals surface area contributed by atoms with Crippen LogP contribution in [0.25, 0.3) is 0 Å². The normalized spacial score (nSPS) is 10.7. The molecule has 0 spiro atoms. The first-order valence-corrected chi connectivity index (χ1v) is 8.68. The first-order valence-electron chi connectivity index (χ1n) is 8.68. The minimum Gasteiger partial charge on any atom is -0.493 e. The van der Waals surface area contributed by atoms with Crippen molar-refractivity contribution in [3.63, 3.8) is 0 Å². The van der Waals surface area contributed by atoms with Crippen LogP contribution in [0.3, 0.4) is 0 Å². The third-order valence-electron chi connectivity index (χ3n) is 3.97. The molecule has 0 atom stereocenters. The number of pyridine rings is 1. The zero-order valence-corrected chi connectivity index (χ0v) is 16.1. The molecule has 0 aliphatic rings. The van der Waals surface area contributed by atoms with Crippen LogP contribution < -0.4 is 14.9 Å². The summed E-state index contributed by atoms with van der Waals surface area (Å²) in [6, 6.07) is 9.67. The van der Waals surface area contributed by atoms with E-state index in [9.17, 15) is 9.59 Å². The van der Waals surface area contributed by atoms with Crippen LogP contribution in [0.15, 0.2) is 58.3 Å². The van der Waals surface area contributed by atoms with Crippen LogP contribution >= 0.6 is 0 Å². The number of rotatable bonds is 6. The fraction of sp³-hybridized carbons (Fsp3) is 0.143. The van der Waals surface area contributed by atoms with E-state index in [4.69, 9.17) is 13.9 Å². The van der Waals surface area contributed by atoms with Crippen LogP contribution in [-0.2, 0) is 0 Å². The highest BCUT2D eigenvalue weighted by molar-refractivity contribution is 5.96. The number of benzene rings is 1. The molecule has 2 heterocycles. The number of carbonyl (C=O) groups is 2. The van der Waals surface area contributed by atoms with Crippen molar-refractivity contribution in [1.82, 2.24) is 10.4 Å². The number of nitrogens with one attached hydrogen (secondary N) is 1. The fourth-order valence-electron chi connectivity index (χ4n) is 2.58. The number of nitrogens with zero attached hydrogens (tertiary/aromatic N) is 2. The van der Waals surface area contributed by atoms with Crippen molar-refractivity contribution in [3.05, 3.63) is 77.0 Å². The zero-order valence-electron chi connectivity index (χ0n) is 16.1. The molecule has 1 aromatic carbocycles. The van der Waals surface area contributed by atoms with Gasteiger partial charge in [-0.05, 0) is 55.8 Å². The maximum absolute atomic E-state index is 12.2. The predicted octanol–water partition coefficient (Wildman–Crippen LogP) is 3.28. The molecule has 1 N–H and O–H groups in total. The lowest BCUT2D eigenvalue weighted by Gasteiger charge is -2.09. The monoisotopic (exact) mass is 393 g/mol. The topological polar surface area (TPSA) is 103 Å². The Morgan fingerprint density at radius 1 is 1.10 bits per heavy atom. The molecule has 3 aromatic rings. The number of ether oxygens (including phenoxy) is 2. The number of carbonyl (C=O) groups excluding carboxylic acids is 2. The summed E-state index contributed by atoms with van der Waals surface area (Å²) >= 11 is 0. The smallest absolute Gasteiger partial charge is 0.343 e. The number of furan rings is 1. The lowest BCUT2D eigenvalue weighted by atomic mass is 10.2. The van der Waals surface area contributed by atoms with Gasteiger partial charge in [-0.3, -0.25) is 9.78 Å². The maximum atomic E-state index is 12.2. The Balaban J connectivity index is 1.68. The Kier molecular flexibility index (Phi) is 6.03. The average molecular weight is 393 g/mol. The highest BCUT2D eigenvalue weighted by atomic mass is 16.6. The van der Waals surface area contributed by atoms with Crippen molar-refractivity contribution in [2.24, 2.45) is 5.10 Å². The standard InChI is InChI=1S/C21H19N3O5/c1-13-10-17(14(2)28-13)20(25)24-23-12-15-4-5-18(19(11-15)27-3)29-21(26)16-6-8-22-9-7-16/h4-12H,1-3H3,(H,24,25)/b23-12-. The van der Waals surface area contributed by atoms with E-state index in [0.717, 1.165) is 0 Å². The molecule has 0 radical (unpaired) electrons. The number of aryl methyl sites for hydroxylation is 2. The molecule has 148 valence electrons. The summed E-state index contributed by atoms with van der Waals surface area (Å²) in [6.07, 6.45) is 4.47. The Morgan fingerprint density at radius 2 is 1.86 bits per heavy atom. The fourth-order valence-corrected chi connectivity index (χ4v) is 2.58. The van der Waals surface area contributed by atoms with Crippen molar-refractivity contribution in [3.8, 4) is 11.5 Å². The number of hydrogen-bond donors (Lipinski definition) is 1. The SMILES string of the molecule is COc1cc(/C=N\NC(=O)c2cc(C)oc2C)ccc1OC(=O)c1ccncc1. The van der Waals surface area contributed by atoms with E-state index < -0.39 is 5.97 Å². The molecule has 0 unspecified atom stereocenters. The van der Waals surface area contributed by atoms with Gasteiger partial charge in [-0.25, -0.2) is 10.2 Å². The third kappa shape index (κ3) is 4.86. The Morgan fingerprint density at radius 3 is 2.52 bits per heavy atom. The predicted molar refractivity (Wildman–Crippen MR) is 105 cm³/mol. The van der Waals surface area contributed by atoms with Gasteiger partial charge in [-0.15, -0.1) is 0 Å². The van der Waals surface area contributed by atoms with E-state index in [-0.39, 0.29) is 11.7 Å². The van der Waals surface area contributed by atoms with Crippen molar-refractivity contribution in [2.75, 3.05) is 7.11 Å². The van der Waals surface area contributed by atoms with Gasteiger partial charge in [0.15, 0.2) is 11.5 Å². The van der Waals surface area contributed by atoms with Gasteiger partial charge in [0.25, 0.3) is 5.91 Å². The van der Waals surface area contributed by atoms with Crippen LogP contribution in [0.5, 0.6) is 11.5 Å². The van der Waals surface area contributed by atoms with Crippen LogP contribution in [0, 0.1) is 13.8 Å². The first kappa shape index (κ1) is 19.8. The van der Waals surface area contributed by atoms with E-state index in [1.165, 1.54) is 25.7 Å². The molecule has 0 fully saturated rings. The van der Waals surface area contributed by atoms with Crippen LogP contribution in [0.2, 0.25) is 0 Å². The number of aromatic nitrogens is 1. The lowest BCUT2D eigenvalue weighted by molar-refractivity contribution is 0.0729. The third-order valence-corrected chi connectivity index (χ3v) is 3.97. The van der Waals surface area contributed by atoms with E-state index >= 15 is 0 Å². The molecular weight excluding hydrogens is 374 g/mol. The summed E-state index contributed by atoms with van der Waals surface area (Å²) in [5, 5.41) is 3.95. The van der Waals surface area contributed by atoms with Gasteiger partial charge in [0.1, 0.15) is 11.5 Å². The van der Waals surface area contributed by atoms with Crippen molar-refractivity contribution in [2.45, 2.75) is 13.8 Å². The molecular formula is C21H19N3O5. The van der Waals surface area contributed by atoms with Gasteiger partial charge >= 0.3 is 5.97 Å². The molecule has 0 saturated carbocycles. The molecule has 0 saturated heterocycles. The van der Waals surface area contributed by atoms with Gasteiger partial charge in [0.2, 0.25) is 0 Å². The summed E-state index contributed by atoms with van der Waals surface area (Å²) < 4.78 is 16.0. The summed E-state index contributed by atoms with van der Waals surface area (Å²) in [7, 11) is 1.46. The Hall–Kier alpha value is -3.94. The second-order valence-electron chi connectivity index (χ2n) is 6.06. The van der Waals surface area contributed by atoms with Crippen LogP contribution in [-0.4, -0.2) is 30.2 Å². The first-order chi connectivity index (χ1) is 14.0. The number of hydrazone groups is 1. The summed E-state index contributed by atoms with van der Waals surface area (Å²) in [4.78, 5) is 28.2. The largest absolute Gasteiger partial charge is 0.493 e. The van der Waals surface area contributed by atoms with Crippen LogP contribution in [0.1, 0.15) is 37.8 Å². The van der Waals surface area contributed by atoms with Gasteiger partial charge < -0.3 is 13.9 Å². The average Bonchev–Trinajstić information content (AvgIpc) is 3.07. The highest BCUT2D eigenvalue weighted by Gasteiger charge is 2.14. The molecule has 2 aromatic heterocycles. The van der Waals surface area contributed by atoms with E-state index in [0.29, 0.717) is 34.0 Å². The maximum Gasteiger partial charge on any atom is 0.343 e. The summed E-state index contributed by atoms with van der Waals surface area (Å²) in [5.74, 6) is 0.898. The van der Waals surface area contributed by atoms with E-state index in [1.54, 1.807) is 50.2 Å². The molecule has 0 aliphatic heterocycles. The van der Waals surface area contributed by atoms with Crippen molar-refractivity contribution < 1.29 is 23.5 Å². The van der Waals surface area contributed by atoms with Crippen molar-refractivity contribution in [1.29, 1.82) is 0 Å². The molecule has 3 rings (SSSR count). The van der Waals surface area contributed by atoms with Crippen molar-refractivity contribution >= 4 is 18.1 Å². The second-order valence-corrected chi connectivity index (χ2v) is 6.06. The van der Waals surface area contributed by atoms with E-state index in [2.05, 4.69) is 15.5 Å². The number of esters is 1. The van der Waals surface area contributed by atoms with Gasteiger partial charge in [-0.2, -0.15) is 5.10 Å². The molecule has 8 nitrogen and oxygen atoms in total. The molecule has 0 bridgehead atoms. The minimum atomic E-state index is -0.523. The summed E-state index contributed by atoms with van der Waals surface area (Å²) in [5.41, 5.74) is 3.89. The van der Waals surface area contributed by atoms with E-state index in [1.807, 2.05) is 0 Å². The van der Waals surface area contributed by atoms with Gasteiger partial charge in [0, 0.05) is 12.4 Å². The van der Waals surface area contributed by atoms with Gasteiger partial charge in [-0.1, -0.05) is 0 Å². The van der Waals surface area contributed by atoms with Crippen LogP contribution in [0.4, 0.5) is 0 Å². The molecule has 8 heteroatoms. The molecule has 0 aliphatic carbocycles. The summed E-state index contributed by atoms with van der Waals surface area (Å²) in [6.45, 7) is 3.48. The Labute approximate surface area is 167 Å². The molecule has 29 heavy (non-hydrogen) atoms. The zero-order chi connectivity index (χ0) is 20.8. The number of amides is 1. The lowest BCUT2D eigenvalue weighted by Crippen LogP contribution is -2.17. The quantitative estimate of drug-likeness (QED) is 0.298.